The van der Waals surface area contributed by atoms with Gasteiger partial charge in [-0.2, -0.15) is 5.10 Å². The fourth-order valence-corrected chi connectivity index (χ4v) is 3.89. The van der Waals surface area contributed by atoms with Crippen LogP contribution in [0.5, 0.6) is 0 Å². The molecule has 1 N–H and O–H groups in total. The third kappa shape index (κ3) is 5.89. The largest absolute Gasteiger partial charge is 0.354 e. The predicted octanol–water partition coefficient (Wildman–Crippen LogP) is 2.56. The minimum absolute atomic E-state index is 0.00502. The Morgan fingerprint density at radius 3 is 2.79 bits per heavy atom. The summed E-state index contributed by atoms with van der Waals surface area (Å²) in [5.41, 5.74) is 3.07. The quantitative estimate of drug-likeness (QED) is 0.735. The van der Waals surface area contributed by atoms with Crippen molar-refractivity contribution in [3.05, 3.63) is 35.4 Å². The van der Waals surface area contributed by atoms with Gasteiger partial charge in [-0.25, -0.2) is 5.01 Å². The standard InChI is InChI=1S/C22H32N4O2/c1-17-6-8-19(9-7-17)20-10-11-22(28)26(24-20)16-21(27)23-12-4-14-25-13-3-5-18(2)15-25/h6-9,18H,3-5,10-16H2,1-2H3,(H,23,27). The van der Waals surface area contributed by atoms with E-state index in [0.717, 1.165) is 43.2 Å². The average Bonchev–Trinajstić information content (AvgIpc) is 2.68. The molecule has 6 heteroatoms. The second-order valence-corrected chi connectivity index (χ2v) is 8.12. The van der Waals surface area contributed by atoms with Crippen LogP contribution in [0.15, 0.2) is 29.4 Å². The molecular weight excluding hydrogens is 352 g/mol. The van der Waals surface area contributed by atoms with Crippen molar-refractivity contribution in [2.24, 2.45) is 11.0 Å². The highest BCUT2D eigenvalue weighted by Gasteiger charge is 2.23. The SMILES string of the molecule is Cc1ccc(C2=NN(CC(=O)NCCCN3CCCC(C)C3)C(=O)CC2)cc1. The van der Waals surface area contributed by atoms with Crippen molar-refractivity contribution in [1.82, 2.24) is 15.2 Å². The molecule has 1 fully saturated rings. The van der Waals surface area contributed by atoms with Crippen molar-refractivity contribution in [2.45, 2.75) is 46.0 Å². The summed E-state index contributed by atoms with van der Waals surface area (Å²) in [6.45, 7) is 8.31. The van der Waals surface area contributed by atoms with Crippen LogP contribution in [-0.2, 0) is 9.59 Å². The zero-order valence-corrected chi connectivity index (χ0v) is 17.1. The van der Waals surface area contributed by atoms with E-state index in [4.69, 9.17) is 0 Å². The van der Waals surface area contributed by atoms with Gasteiger partial charge in [-0.05, 0) is 50.8 Å². The lowest BCUT2D eigenvalue weighted by atomic mass is 10.0. The van der Waals surface area contributed by atoms with Crippen LogP contribution in [-0.4, -0.2) is 60.2 Å². The minimum Gasteiger partial charge on any atom is -0.354 e. The molecular formula is C22H32N4O2. The Bertz CT molecular complexity index is 714. The molecule has 0 aliphatic carbocycles. The number of carbonyl (C=O) groups excluding carboxylic acids is 2. The molecule has 1 aromatic carbocycles. The van der Waals surface area contributed by atoms with Crippen molar-refractivity contribution in [3.63, 3.8) is 0 Å². The first-order valence-electron chi connectivity index (χ1n) is 10.4. The van der Waals surface area contributed by atoms with Gasteiger partial charge in [0.2, 0.25) is 11.8 Å². The molecule has 2 amide bonds. The van der Waals surface area contributed by atoms with Gasteiger partial charge in [0.1, 0.15) is 6.54 Å². The molecule has 6 nitrogen and oxygen atoms in total. The van der Waals surface area contributed by atoms with E-state index in [1.807, 2.05) is 31.2 Å². The Labute approximate surface area is 168 Å². The molecule has 152 valence electrons. The summed E-state index contributed by atoms with van der Waals surface area (Å²) in [5.74, 6) is 0.539. The monoisotopic (exact) mass is 384 g/mol. The summed E-state index contributed by atoms with van der Waals surface area (Å²) >= 11 is 0. The molecule has 3 rings (SSSR count). The third-order valence-corrected chi connectivity index (χ3v) is 5.50. The van der Waals surface area contributed by atoms with Gasteiger partial charge >= 0.3 is 0 Å². The van der Waals surface area contributed by atoms with Gasteiger partial charge in [-0.3, -0.25) is 9.59 Å². The highest BCUT2D eigenvalue weighted by Crippen LogP contribution is 2.16. The maximum atomic E-state index is 12.3. The first-order chi connectivity index (χ1) is 13.5. The van der Waals surface area contributed by atoms with Crippen LogP contribution < -0.4 is 5.32 Å². The molecule has 0 radical (unpaired) electrons. The van der Waals surface area contributed by atoms with Crippen LogP contribution in [0.2, 0.25) is 0 Å². The predicted molar refractivity (Wildman–Crippen MR) is 111 cm³/mol. The lowest BCUT2D eigenvalue weighted by Gasteiger charge is -2.30. The van der Waals surface area contributed by atoms with Gasteiger partial charge in [0.05, 0.1) is 5.71 Å². The summed E-state index contributed by atoms with van der Waals surface area (Å²) in [7, 11) is 0. The van der Waals surface area contributed by atoms with Crippen LogP contribution in [0, 0.1) is 12.8 Å². The molecule has 0 spiro atoms. The molecule has 2 aliphatic heterocycles. The van der Waals surface area contributed by atoms with Gasteiger partial charge in [0, 0.05) is 25.9 Å². The molecule has 2 heterocycles. The Hall–Kier alpha value is -2.21. The van der Waals surface area contributed by atoms with Crippen molar-refractivity contribution in [2.75, 3.05) is 32.7 Å². The summed E-state index contributed by atoms with van der Waals surface area (Å²) < 4.78 is 0. The number of amides is 2. The van der Waals surface area contributed by atoms with Crippen molar-refractivity contribution in [1.29, 1.82) is 0 Å². The van der Waals surface area contributed by atoms with E-state index < -0.39 is 0 Å². The van der Waals surface area contributed by atoms with E-state index in [1.165, 1.54) is 23.4 Å². The van der Waals surface area contributed by atoms with Gasteiger partial charge in [0.25, 0.3) is 0 Å². The van der Waals surface area contributed by atoms with E-state index >= 15 is 0 Å². The smallest absolute Gasteiger partial charge is 0.243 e. The number of aryl methyl sites for hydroxylation is 1. The number of nitrogens with zero attached hydrogens (tertiary/aromatic N) is 3. The fraction of sp³-hybridized carbons (Fsp3) is 0.591. The second kappa shape index (κ2) is 9.82. The number of hydrazone groups is 1. The molecule has 0 saturated carbocycles. The van der Waals surface area contributed by atoms with E-state index in [-0.39, 0.29) is 18.4 Å². The lowest BCUT2D eigenvalue weighted by molar-refractivity contribution is -0.136. The van der Waals surface area contributed by atoms with Gasteiger partial charge in [0.15, 0.2) is 0 Å². The number of rotatable bonds is 7. The van der Waals surface area contributed by atoms with Crippen molar-refractivity contribution >= 4 is 17.5 Å². The maximum absolute atomic E-state index is 12.3. The number of carbonyl (C=O) groups is 2. The summed E-state index contributed by atoms with van der Waals surface area (Å²) in [5, 5.41) is 8.70. The molecule has 1 unspecified atom stereocenters. The summed E-state index contributed by atoms with van der Waals surface area (Å²) in [6, 6.07) is 8.11. The van der Waals surface area contributed by atoms with Crippen LogP contribution in [0.1, 0.15) is 50.2 Å². The van der Waals surface area contributed by atoms with Crippen LogP contribution in [0.4, 0.5) is 0 Å². The topological polar surface area (TPSA) is 65.0 Å². The number of likely N-dealkylation sites (tertiary alicyclic amines) is 1. The normalized spacial score (nSPS) is 20.8. The molecule has 1 atom stereocenters. The Morgan fingerprint density at radius 2 is 2.04 bits per heavy atom. The maximum Gasteiger partial charge on any atom is 0.243 e. The number of hydrogen-bond acceptors (Lipinski definition) is 4. The van der Waals surface area contributed by atoms with E-state index in [2.05, 4.69) is 22.2 Å². The highest BCUT2D eigenvalue weighted by molar-refractivity contribution is 6.04. The molecule has 28 heavy (non-hydrogen) atoms. The zero-order valence-electron chi connectivity index (χ0n) is 17.1. The number of hydrogen-bond donors (Lipinski definition) is 1. The lowest BCUT2D eigenvalue weighted by Crippen LogP contribution is -2.41. The number of piperidine rings is 1. The minimum atomic E-state index is -0.144. The van der Waals surface area contributed by atoms with Crippen LogP contribution in [0.25, 0.3) is 0 Å². The van der Waals surface area contributed by atoms with Crippen molar-refractivity contribution < 1.29 is 9.59 Å². The number of benzene rings is 1. The summed E-state index contributed by atoms with van der Waals surface area (Å²) in [6.07, 6.45) is 4.54. The first kappa shape index (κ1) is 20.5. The van der Waals surface area contributed by atoms with Crippen LogP contribution in [0.3, 0.4) is 0 Å². The molecule has 1 saturated heterocycles. The highest BCUT2D eigenvalue weighted by atomic mass is 16.2. The van der Waals surface area contributed by atoms with E-state index in [1.54, 1.807) is 0 Å². The van der Waals surface area contributed by atoms with E-state index in [0.29, 0.717) is 19.4 Å². The molecule has 0 bridgehead atoms. The Morgan fingerprint density at radius 1 is 1.25 bits per heavy atom. The molecule has 0 aromatic heterocycles. The molecule has 2 aliphatic rings. The zero-order chi connectivity index (χ0) is 19.9. The Balaban J connectivity index is 1.45. The average molecular weight is 385 g/mol. The Kier molecular flexibility index (Phi) is 7.20. The van der Waals surface area contributed by atoms with Gasteiger partial charge < -0.3 is 10.2 Å². The number of nitrogens with one attached hydrogen (secondary N) is 1. The fourth-order valence-electron chi connectivity index (χ4n) is 3.89. The van der Waals surface area contributed by atoms with Gasteiger partial charge in [-0.1, -0.05) is 36.8 Å². The van der Waals surface area contributed by atoms with Crippen molar-refractivity contribution in [3.8, 4) is 0 Å². The first-order valence-corrected chi connectivity index (χ1v) is 10.4. The second-order valence-electron chi connectivity index (χ2n) is 8.12. The third-order valence-electron chi connectivity index (χ3n) is 5.50. The van der Waals surface area contributed by atoms with E-state index in [9.17, 15) is 9.59 Å². The molecule has 1 aromatic rings. The van der Waals surface area contributed by atoms with Gasteiger partial charge in [-0.15, -0.1) is 0 Å². The van der Waals surface area contributed by atoms with Crippen LogP contribution >= 0.6 is 0 Å². The summed E-state index contributed by atoms with van der Waals surface area (Å²) in [4.78, 5) is 26.9.